The molecule has 0 aliphatic carbocycles. The van der Waals surface area contributed by atoms with E-state index in [1.807, 2.05) is 44.2 Å². The van der Waals surface area contributed by atoms with Crippen LogP contribution in [0, 0.1) is 0 Å². The van der Waals surface area contributed by atoms with Crippen LogP contribution in [0.25, 0.3) is 11.4 Å². The molecule has 5 heteroatoms. The van der Waals surface area contributed by atoms with Crippen LogP contribution in [0.5, 0.6) is 5.88 Å². The van der Waals surface area contributed by atoms with Gasteiger partial charge < -0.3 is 9.84 Å². The van der Waals surface area contributed by atoms with Crippen molar-refractivity contribution in [3.63, 3.8) is 0 Å². The van der Waals surface area contributed by atoms with Crippen molar-refractivity contribution in [2.45, 2.75) is 20.0 Å². The second-order valence-corrected chi connectivity index (χ2v) is 4.25. The number of aromatic carboxylic acids is 1. The van der Waals surface area contributed by atoms with Gasteiger partial charge in [-0.25, -0.2) is 9.78 Å². The Kier molecular flexibility index (Phi) is 3.75. The van der Waals surface area contributed by atoms with Crippen molar-refractivity contribution in [2.24, 2.45) is 0 Å². The molecule has 1 heterocycles. The maximum absolute atomic E-state index is 11.1. The van der Waals surface area contributed by atoms with Crippen LogP contribution in [0.1, 0.15) is 24.3 Å². The minimum Gasteiger partial charge on any atom is -0.477 e. The summed E-state index contributed by atoms with van der Waals surface area (Å²) in [7, 11) is 0. The van der Waals surface area contributed by atoms with Gasteiger partial charge in [-0.2, -0.15) is 4.98 Å². The summed E-state index contributed by atoms with van der Waals surface area (Å²) in [5, 5.41) is 9.07. The lowest BCUT2D eigenvalue weighted by molar-refractivity contribution is 0.0689. The SMILES string of the molecule is CC(C)Oc1cc(C(=O)O)nc(-c2ccccc2)n1. The molecule has 0 bridgehead atoms. The molecule has 0 radical (unpaired) electrons. The van der Waals surface area contributed by atoms with E-state index >= 15 is 0 Å². The second kappa shape index (κ2) is 5.48. The molecule has 0 atom stereocenters. The van der Waals surface area contributed by atoms with Crippen LogP contribution in [-0.2, 0) is 0 Å². The predicted molar refractivity (Wildman–Crippen MR) is 70.2 cm³/mol. The van der Waals surface area contributed by atoms with Crippen LogP contribution in [0.15, 0.2) is 36.4 Å². The minimum atomic E-state index is -1.10. The summed E-state index contributed by atoms with van der Waals surface area (Å²) in [6, 6.07) is 10.5. The van der Waals surface area contributed by atoms with Gasteiger partial charge in [-0.05, 0) is 13.8 Å². The van der Waals surface area contributed by atoms with Gasteiger partial charge in [0.05, 0.1) is 6.10 Å². The van der Waals surface area contributed by atoms with E-state index in [1.165, 1.54) is 6.07 Å². The Morgan fingerprint density at radius 1 is 1.21 bits per heavy atom. The molecule has 2 rings (SSSR count). The number of benzene rings is 1. The van der Waals surface area contributed by atoms with Crippen molar-refractivity contribution >= 4 is 5.97 Å². The zero-order valence-corrected chi connectivity index (χ0v) is 10.7. The van der Waals surface area contributed by atoms with Crippen LogP contribution in [0.4, 0.5) is 0 Å². The lowest BCUT2D eigenvalue weighted by atomic mass is 10.2. The third kappa shape index (κ3) is 3.28. The summed E-state index contributed by atoms with van der Waals surface area (Å²) in [4.78, 5) is 19.3. The molecule has 1 aromatic heterocycles. The quantitative estimate of drug-likeness (QED) is 0.912. The fourth-order valence-electron chi connectivity index (χ4n) is 1.55. The Morgan fingerprint density at radius 2 is 1.89 bits per heavy atom. The van der Waals surface area contributed by atoms with Crippen LogP contribution >= 0.6 is 0 Å². The summed E-state index contributed by atoms with van der Waals surface area (Å²) in [6.45, 7) is 3.70. The standard InChI is InChI=1S/C14H14N2O3/c1-9(2)19-12-8-11(14(17)18)15-13(16-12)10-6-4-3-5-7-10/h3-9H,1-2H3,(H,17,18). The second-order valence-electron chi connectivity index (χ2n) is 4.25. The van der Waals surface area contributed by atoms with E-state index in [2.05, 4.69) is 9.97 Å². The van der Waals surface area contributed by atoms with Crippen molar-refractivity contribution < 1.29 is 14.6 Å². The Morgan fingerprint density at radius 3 is 2.47 bits per heavy atom. The number of nitrogens with zero attached hydrogens (tertiary/aromatic N) is 2. The highest BCUT2D eigenvalue weighted by Crippen LogP contribution is 2.19. The first-order chi connectivity index (χ1) is 9.06. The molecule has 0 unspecified atom stereocenters. The van der Waals surface area contributed by atoms with Crippen molar-refractivity contribution in [3.8, 4) is 17.3 Å². The van der Waals surface area contributed by atoms with Gasteiger partial charge in [0.25, 0.3) is 0 Å². The molecule has 0 aliphatic rings. The largest absolute Gasteiger partial charge is 0.477 e. The van der Waals surface area contributed by atoms with Gasteiger partial charge >= 0.3 is 5.97 Å². The minimum absolute atomic E-state index is 0.0792. The van der Waals surface area contributed by atoms with Gasteiger partial charge in [0.2, 0.25) is 5.88 Å². The fraction of sp³-hybridized carbons (Fsp3) is 0.214. The Hall–Kier alpha value is -2.43. The first kappa shape index (κ1) is 13.0. The van der Waals surface area contributed by atoms with Gasteiger partial charge in [0.15, 0.2) is 11.5 Å². The third-order valence-electron chi connectivity index (χ3n) is 2.31. The van der Waals surface area contributed by atoms with E-state index in [0.717, 1.165) is 5.56 Å². The highest BCUT2D eigenvalue weighted by atomic mass is 16.5. The predicted octanol–water partition coefficient (Wildman–Crippen LogP) is 2.63. The first-order valence-electron chi connectivity index (χ1n) is 5.90. The van der Waals surface area contributed by atoms with Gasteiger partial charge in [-0.1, -0.05) is 30.3 Å². The Labute approximate surface area is 110 Å². The number of carboxylic acids is 1. The smallest absolute Gasteiger partial charge is 0.354 e. The Bertz CT molecular complexity index is 582. The van der Waals surface area contributed by atoms with E-state index in [-0.39, 0.29) is 17.7 Å². The average Bonchev–Trinajstić information content (AvgIpc) is 2.38. The molecule has 98 valence electrons. The summed E-state index contributed by atoms with van der Waals surface area (Å²) in [5.74, 6) is -0.495. The lowest BCUT2D eigenvalue weighted by Gasteiger charge is -2.10. The van der Waals surface area contributed by atoms with E-state index in [1.54, 1.807) is 0 Å². The first-order valence-corrected chi connectivity index (χ1v) is 5.90. The maximum atomic E-state index is 11.1. The summed E-state index contributed by atoms with van der Waals surface area (Å²) in [5.41, 5.74) is 0.670. The van der Waals surface area contributed by atoms with Gasteiger partial charge in [0.1, 0.15) is 0 Å². The molecular weight excluding hydrogens is 244 g/mol. The number of carboxylic acid groups (broad SMARTS) is 1. The van der Waals surface area contributed by atoms with Gasteiger partial charge in [-0.3, -0.25) is 0 Å². The number of aromatic nitrogens is 2. The molecule has 0 saturated carbocycles. The molecule has 19 heavy (non-hydrogen) atoms. The highest BCUT2D eigenvalue weighted by Gasteiger charge is 2.13. The van der Waals surface area contributed by atoms with E-state index in [4.69, 9.17) is 9.84 Å². The topological polar surface area (TPSA) is 72.3 Å². The monoisotopic (exact) mass is 258 g/mol. The molecule has 0 amide bonds. The number of hydrogen-bond donors (Lipinski definition) is 1. The molecule has 0 aliphatic heterocycles. The van der Waals surface area contributed by atoms with E-state index in [9.17, 15) is 4.79 Å². The molecule has 0 fully saturated rings. The molecule has 1 N–H and O–H groups in total. The fourth-order valence-corrected chi connectivity index (χ4v) is 1.55. The van der Waals surface area contributed by atoms with Crippen molar-refractivity contribution in [3.05, 3.63) is 42.1 Å². The number of rotatable bonds is 4. The molecule has 2 aromatic rings. The number of ether oxygens (including phenoxy) is 1. The Balaban J connectivity index is 2.48. The maximum Gasteiger partial charge on any atom is 0.354 e. The molecular formula is C14H14N2O3. The summed E-state index contributed by atoms with van der Waals surface area (Å²) in [6.07, 6.45) is -0.0832. The van der Waals surface area contributed by atoms with Crippen LogP contribution in [0.3, 0.4) is 0 Å². The van der Waals surface area contributed by atoms with Crippen molar-refractivity contribution in [1.29, 1.82) is 0 Å². The van der Waals surface area contributed by atoms with Gasteiger partial charge in [-0.15, -0.1) is 0 Å². The summed E-state index contributed by atoms with van der Waals surface area (Å²) < 4.78 is 5.45. The molecule has 0 saturated heterocycles. The lowest BCUT2D eigenvalue weighted by Crippen LogP contribution is -2.10. The highest BCUT2D eigenvalue weighted by molar-refractivity contribution is 5.86. The zero-order valence-electron chi connectivity index (χ0n) is 10.7. The van der Waals surface area contributed by atoms with Crippen LogP contribution in [-0.4, -0.2) is 27.1 Å². The van der Waals surface area contributed by atoms with E-state index < -0.39 is 5.97 Å². The molecule has 5 nitrogen and oxygen atoms in total. The average molecular weight is 258 g/mol. The summed E-state index contributed by atoms with van der Waals surface area (Å²) >= 11 is 0. The van der Waals surface area contributed by atoms with E-state index in [0.29, 0.717) is 5.82 Å². The molecule has 1 aromatic carbocycles. The van der Waals surface area contributed by atoms with Crippen molar-refractivity contribution in [1.82, 2.24) is 9.97 Å². The normalized spacial score (nSPS) is 10.5. The number of carbonyl (C=O) groups is 1. The van der Waals surface area contributed by atoms with Crippen LogP contribution in [0.2, 0.25) is 0 Å². The zero-order chi connectivity index (χ0) is 13.8. The molecule has 0 spiro atoms. The van der Waals surface area contributed by atoms with Gasteiger partial charge in [0, 0.05) is 11.6 Å². The van der Waals surface area contributed by atoms with Crippen molar-refractivity contribution in [2.75, 3.05) is 0 Å². The number of hydrogen-bond acceptors (Lipinski definition) is 4. The van der Waals surface area contributed by atoms with Crippen LogP contribution < -0.4 is 4.74 Å². The third-order valence-corrected chi connectivity index (χ3v) is 2.31.